The molecule has 2 aromatic rings. The molecule has 0 saturated heterocycles. The van der Waals surface area contributed by atoms with Crippen molar-refractivity contribution in [1.82, 2.24) is 9.80 Å². The molecule has 1 aromatic heterocycles. The van der Waals surface area contributed by atoms with E-state index in [4.69, 9.17) is 21.1 Å². The van der Waals surface area contributed by atoms with Gasteiger partial charge in [-0.05, 0) is 73.4 Å². The Morgan fingerprint density at radius 3 is 2.77 bits per heavy atom. The maximum Gasteiger partial charge on any atom is 0.242 e. The zero-order chi connectivity index (χ0) is 24.8. The van der Waals surface area contributed by atoms with Crippen LogP contribution >= 0.6 is 22.9 Å². The number of benzene rings is 1. The number of carbonyl (C=O) groups excluding carboxylic acids is 2. The van der Waals surface area contributed by atoms with Crippen molar-refractivity contribution in [2.75, 3.05) is 40.0 Å². The van der Waals surface area contributed by atoms with Crippen molar-refractivity contribution in [2.45, 2.75) is 51.5 Å². The number of halogens is 1. The van der Waals surface area contributed by atoms with Crippen LogP contribution in [0.15, 0.2) is 29.6 Å². The number of ether oxygens (including phenoxy) is 2. The van der Waals surface area contributed by atoms with Gasteiger partial charge in [0, 0.05) is 42.6 Å². The number of carbonyl (C=O) groups is 2. The molecular formula is C27H35ClN2O4S. The molecule has 2 heterocycles. The Morgan fingerprint density at radius 1 is 1.23 bits per heavy atom. The molecule has 2 amide bonds. The Hall–Kier alpha value is -2.09. The number of amides is 2. The monoisotopic (exact) mass is 518 g/mol. The maximum absolute atomic E-state index is 13.6. The molecule has 1 atom stereocenters. The van der Waals surface area contributed by atoms with Gasteiger partial charge in [-0.2, -0.15) is 0 Å². The smallest absolute Gasteiger partial charge is 0.242 e. The minimum Gasteiger partial charge on any atom is -0.491 e. The lowest BCUT2D eigenvalue weighted by atomic mass is 10.00. The molecule has 0 radical (unpaired) electrons. The summed E-state index contributed by atoms with van der Waals surface area (Å²) in [7, 11) is 1.66. The molecule has 8 heteroatoms. The van der Waals surface area contributed by atoms with Crippen LogP contribution in [-0.2, 0) is 20.7 Å². The summed E-state index contributed by atoms with van der Waals surface area (Å²) in [4.78, 5) is 31.9. The number of thiophene rings is 1. The van der Waals surface area contributed by atoms with Gasteiger partial charge in [0.15, 0.2) is 0 Å². The third-order valence-corrected chi connectivity index (χ3v) is 8.49. The Labute approximate surface area is 217 Å². The largest absolute Gasteiger partial charge is 0.491 e. The van der Waals surface area contributed by atoms with Crippen LogP contribution < -0.4 is 4.74 Å². The van der Waals surface area contributed by atoms with Crippen molar-refractivity contribution in [1.29, 1.82) is 0 Å². The SMILES string of the molecule is COCCCN(CC(=O)N1CCc2sccc2C1COc1ccc(Cl)c(C)c1)C(=O)C1CCCC1. The van der Waals surface area contributed by atoms with Crippen molar-refractivity contribution < 1.29 is 19.1 Å². The minimum absolute atomic E-state index is 0.0218. The van der Waals surface area contributed by atoms with Gasteiger partial charge in [0.05, 0.1) is 12.6 Å². The molecule has 0 bridgehead atoms. The lowest BCUT2D eigenvalue weighted by Gasteiger charge is -2.37. The normalized spacial score (nSPS) is 17.9. The van der Waals surface area contributed by atoms with E-state index in [9.17, 15) is 9.59 Å². The van der Waals surface area contributed by atoms with Crippen molar-refractivity contribution in [3.63, 3.8) is 0 Å². The zero-order valence-corrected chi connectivity index (χ0v) is 22.2. The Bertz CT molecular complexity index is 1020. The van der Waals surface area contributed by atoms with Crippen LogP contribution in [0.2, 0.25) is 5.02 Å². The number of fused-ring (bicyclic) bond motifs is 1. The van der Waals surface area contributed by atoms with E-state index < -0.39 is 0 Å². The third kappa shape index (κ3) is 6.38. The highest BCUT2D eigenvalue weighted by Gasteiger charge is 2.35. The van der Waals surface area contributed by atoms with E-state index in [1.165, 1.54) is 4.88 Å². The van der Waals surface area contributed by atoms with Crippen molar-refractivity contribution in [3.8, 4) is 5.75 Å². The number of nitrogens with zero attached hydrogens (tertiary/aromatic N) is 2. The molecule has 1 saturated carbocycles. The summed E-state index contributed by atoms with van der Waals surface area (Å²) in [6.45, 7) is 4.15. The minimum atomic E-state index is -0.184. The molecule has 1 aliphatic heterocycles. The van der Waals surface area contributed by atoms with Gasteiger partial charge in [-0.1, -0.05) is 24.4 Å². The molecule has 1 fully saturated rings. The first kappa shape index (κ1) is 26.0. The Balaban J connectivity index is 1.48. The van der Waals surface area contributed by atoms with E-state index in [1.54, 1.807) is 23.3 Å². The van der Waals surface area contributed by atoms with Crippen LogP contribution in [0, 0.1) is 12.8 Å². The van der Waals surface area contributed by atoms with Gasteiger partial charge in [-0.3, -0.25) is 9.59 Å². The molecule has 35 heavy (non-hydrogen) atoms. The van der Waals surface area contributed by atoms with Gasteiger partial charge in [0.25, 0.3) is 0 Å². The predicted molar refractivity (Wildman–Crippen MR) is 139 cm³/mol. The summed E-state index contributed by atoms with van der Waals surface area (Å²) >= 11 is 7.89. The quantitative estimate of drug-likeness (QED) is 0.402. The van der Waals surface area contributed by atoms with Crippen LogP contribution in [0.1, 0.15) is 54.1 Å². The first-order chi connectivity index (χ1) is 17.0. The summed E-state index contributed by atoms with van der Waals surface area (Å²) in [5.41, 5.74) is 2.10. The van der Waals surface area contributed by atoms with Crippen molar-refractivity contribution in [3.05, 3.63) is 50.7 Å². The number of methoxy groups -OCH3 is 1. The van der Waals surface area contributed by atoms with Crippen molar-refractivity contribution in [2.24, 2.45) is 5.92 Å². The number of aryl methyl sites for hydroxylation is 1. The average molecular weight is 519 g/mol. The highest BCUT2D eigenvalue weighted by Crippen LogP contribution is 2.34. The Morgan fingerprint density at radius 2 is 2.03 bits per heavy atom. The van der Waals surface area contributed by atoms with E-state index >= 15 is 0 Å². The first-order valence-electron chi connectivity index (χ1n) is 12.5. The zero-order valence-electron chi connectivity index (χ0n) is 20.6. The molecule has 1 aromatic carbocycles. The fourth-order valence-electron chi connectivity index (χ4n) is 5.11. The first-order valence-corrected chi connectivity index (χ1v) is 13.8. The standard InChI is InChI=1S/C27H35ClN2O4S/c1-19-16-21(8-9-23(19)28)34-18-24-22-11-15-35-25(22)10-13-30(24)26(31)17-29(12-5-14-33-2)27(32)20-6-3-4-7-20/h8-9,11,15-16,20,24H,3-7,10,12-14,17-18H2,1-2H3. The molecule has 2 aliphatic rings. The van der Waals surface area contributed by atoms with Crippen LogP contribution in [0.4, 0.5) is 0 Å². The second kappa shape index (κ2) is 12.2. The molecule has 0 N–H and O–H groups in total. The van der Waals surface area contributed by atoms with E-state index in [-0.39, 0.29) is 30.3 Å². The fraction of sp³-hybridized carbons (Fsp3) is 0.556. The summed E-state index contributed by atoms with van der Waals surface area (Å²) in [5, 5.41) is 2.78. The molecule has 0 spiro atoms. The topological polar surface area (TPSA) is 59.1 Å². The third-order valence-electron chi connectivity index (χ3n) is 7.07. The lowest BCUT2D eigenvalue weighted by Crippen LogP contribution is -2.49. The molecule has 1 aliphatic carbocycles. The van der Waals surface area contributed by atoms with Gasteiger partial charge in [0.2, 0.25) is 11.8 Å². The molecule has 4 rings (SSSR count). The van der Waals surface area contributed by atoms with Gasteiger partial charge >= 0.3 is 0 Å². The van der Waals surface area contributed by atoms with Crippen LogP contribution in [0.25, 0.3) is 0 Å². The molecule has 190 valence electrons. The summed E-state index contributed by atoms with van der Waals surface area (Å²) in [6.07, 6.45) is 5.58. The fourth-order valence-corrected chi connectivity index (χ4v) is 6.15. The van der Waals surface area contributed by atoms with Gasteiger partial charge < -0.3 is 19.3 Å². The summed E-state index contributed by atoms with van der Waals surface area (Å²) in [6, 6.07) is 7.52. The highest BCUT2D eigenvalue weighted by molar-refractivity contribution is 7.10. The van der Waals surface area contributed by atoms with Gasteiger partial charge in [0.1, 0.15) is 12.4 Å². The van der Waals surface area contributed by atoms with Crippen LogP contribution in [-0.4, -0.2) is 61.6 Å². The highest BCUT2D eigenvalue weighted by atomic mass is 35.5. The second-order valence-corrected chi connectivity index (χ2v) is 10.9. The molecule has 1 unspecified atom stereocenters. The molecule has 6 nitrogen and oxygen atoms in total. The number of hydrogen-bond acceptors (Lipinski definition) is 5. The Kier molecular flexibility index (Phi) is 9.09. The maximum atomic E-state index is 13.6. The average Bonchev–Trinajstić information content (AvgIpc) is 3.56. The number of rotatable bonds is 10. The van der Waals surface area contributed by atoms with Gasteiger partial charge in [-0.25, -0.2) is 0 Å². The van der Waals surface area contributed by atoms with Crippen LogP contribution in [0.3, 0.4) is 0 Å². The van der Waals surface area contributed by atoms with E-state index in [2.05, 4.69) is 11.4 Å². The second-order valence-electron chi connectivity index (χ2n) is 9.46. The lowest BCUT2D eigenvalue weighted by molar-refractivity contribution is -0.144. The summed E-state index contributed by atoms with van der Waals surface area (Å²) in [5.74, 6) is 0.873. The number of hydrogen-bond donors (Lipinski definition) is 0. The van der Waals surface area contributed by atoms with Gasteiger partial charge in [-0.15, -0.1) is 11.3 Å². The van der Waals surface area contributed by atoms with Crippen molar-refractivity contribution >= 4 is 34.8 Å². The van der Waals surface area contributed by atoms with E-state index in [1.807, 2.05) is 30.0 Å². The van der Waals surface area contributed by atoms with E-state index in [0.29, 0.717) is 31.3 Å². The molecular weight excluding hydrogens is 484 g/mol. The van der Waals surface area contributed by atoms with E-state index in [0.717, 1.165) is 55.4 Å². The summed E-state index contributed by atoms with van der Waals surface area (Å²) < 4.78 is 11.4. The van der Waals surface area contributed by atoms with Crippen LogP contribution in [0.5, 0.6) is 5.75 Å². The predicted octanol–water partition coefficient (Wildman–Crippen LogP) is 5.27.